The number of thiophene rings is 1. The summed E-state index contributed by atoms with van der Waals surface area (Å²) in [5.74, 6) is -0.622. The van der Waals surface area contributed by atoms with Crippen LogP contribution in [0.1, 0.15) is 41.9 Å². The fraction of sp³-hybridized carbons (Fsp3) is 0.571. The third-order valence-electron chi connectivity index (χ3n) is 2.88. The number of nitrogens with one attached hydrogen (secondary N) is 1. The molecule has 0 aliphatic carbocycles. The van der Waals surface area contributed by atoms with Gasteiger partial charge in [-0.05, 0) is 39.3 Å². The minimum Gasteiger partial charge on any atom is -0.462 e. The SMILES string of the molecule is CCOC(=O)c1cc(C)sc1NC(=O)C(C)CCCN. The van der Waals surface area contributed by atoms with Gasteiger partial charge in [-0.2, -0.15) is 0 Å². The van der Waals surface area contributed by atoms with Crippen molar-refractivity contribution >= 4 is 28.2 Å². The zero-order valence-corrected chi connectivity index (χ0v) is 13.0. The number of carbonyl (C=O) groups excluding carboxylic acids is 2. The Morgan fingerprint density at radius 1 is 1.50 bits per heavy atom. The first-order valence-electron chi connectivity index (χ1n) is 6.78. The number of aryl methyl sites for hydroxylation is 1. The molecule has 1 atom stereocenters. The van der Waals surface area contributed by atoms with Crippen molar-refractivity contribution in [1.82, 2.24) is 0 Å². The summed E-state index contributed by atoms with van der Waals surface area (Å²) in [5, 5.41) is 3.38. The summed E-state index contributed by atoms with van der Waals surface area (Å²) in [6, 6.07) is 1.74. The molecule has 0 radical (unpaired) electrons. The monoisotopic (exact) mass is 298 g/mol. The average Bonchev–Trinajstić information content (AvgIpc) is 2.77. The molecule has 112 valence electrons. The van der Waals surface area contributed by atoms with Gasteiger partial charge in [0.15, 0.2) is 0 Å². The molecule has 5 nitrogen and oxygen atoms in total. The van der Waals surface area contributed by atoms with Crippen LogP contribution >= 0.6 is 11.3 Å². The Morgan fingerprint density at radius 3 is 2.80 bits per heavy atom. The number of nitrogens with two attached hydrogens (primary N) is 1. The molecule has 0 bridgehead atoms. The van der Waals surface area contributed by atoms with E-state index in [1.807, 2.05) is 13.8 Å². The minimum atomic E-state index is -0.401. The quantitative estimate of drug-likeness (QED) is 0.758. The van der Waals surface area contributed by atoms with Crippen LogP contribution in [-0.2, 0) is 9.53 Å². The van der Waals surface area contributed by atoms with E-state index in [9.17, 15) is 9.59 Å². The Balaban J connectivity index is 2.76. The second kappa shape index (κ2) is 8.01. The summed E-state index contributed by atoms with van der Waals surface area (Å²) < 4.78 is 4.99. The van der Waals surface area contributed by atoms with Crippen molar-refractivity contribution < 1.29 is 14.3 Å². The largest absolute Gasteiger partial charge is 0.462 e. The molecule has 1 aromatic rings. The van der Waals surface area contributed by atoms with Gasteiger partial charge in [0.05, 0.1) is 12.2 Å². The zero-order chi connectivity index (χ0) is 15.1. The van der Waals surface area contributed by atoms with Crippen LogP contribution in [0.2, 0.25) is 0 Å². The average molecular weight is 298 g/mol. The lowest BCUT2D eigenvalue weighted by Crippen LogP contribution is -2.21. The lowest BCUT2D eigenvalue weighted by Gasteiger charge is -2.11. The third kappa shape index (κ3) is 4.61. The summed E-state index contributed by atoms with van der Waals surface area (Å²) in [4.78, 5) is 24.8. The Bertz CT molecular complexity index is 471. The number of anilines is 1. The van der Waals surface area contributed by atoms with E-state index in [1.165, 1.54) is 11.3 Å². The number of hydrogen-bond donors (Lipinski definition) is 2. The van der Waals surface area contributed by atoms with Gasteiger partial charge in [0.25, 0.3) is 0 Å². The maximum Gasteiger partial charge on any atom is 0.341 e. The van der Waals surface area contributed by atoms with Crippen LogP contribution in [0.4, 0.5) is 5.00 Å². The molecular formula is C14H22N2O3S. The molecule has 3 N–H and O–H groups in total. The summed E-state index contributed by atoms with van der Waals surface area (Å²) in [7, 11) is 0. The second-order valence-corrected chi connectivity index (χ2v) is 5.90. The van der Waals surface area contributed by atoms with E-state index in [0.29, 0.717) is 23.7 Å². The second-order valence-electron chi connectivity index (χ2n) is 4.64. The normalized spacial score (nSPS) is 12.0. The van der Waals surface area contributed by atoms with Gasteiger partial charge in [-0.25, -0.2) is 4.79 Å². The number of hydrogen-bond acceptors (Lipinski definition) is 5. The van der Waals surface area contributed by atoms with Crippen molar-refractivity contribution in [3.05, 3.63) is 16.5 Å². The molecule has 0 saturated carbocycles. The van der Waals surface area contributed by atoms with Crippen molar-refractivity contribution in [2.75, 3.05) is 18.5 Å². The van der Waals surface area contributed by atoms with Crippen LogP contribution in [0.5, 0.6) is 0 Å². The molecule has 1 unspecified atom stereocenters. The van der Waals surface area contributed by atoms with Crippen LogP contribution in [0, 0.1) is 12.8 Å². The molecular weight excluding hydrogens is 276 g/mol. The van der Waals surface area contributed by atoms with Gasteiger partial charge < -0.3 is 15.8 Å². The van der Waals surface area contributed by atoms with Crippen LogP contribution in [-0.4, -0.2) is 25.0 Å². The van der Waals surface area contributed by atoms with E-state index in [1.54, 1.807) is 13.0 Å². The summed E-state index contributed by atoms with van der Waals surface area (Å²) in [5.41, 5.74) is 5.86. The van der Waals surface area contributed by atoms with Crippen molar-refractivity contribution in [2.45, 2.75) is 33.6 Å². The van der Waals surface area contributed by atoms with E-state index in [4.69, 9.17) is 10.5 Å². The molecule has 1 aromatic heterocycles. The molecule has 6 heteroatoms. The van der Waals surface area contributed by atoms with Crippen molar-refractivity contribution in [3.63, 3.8) is 0 Å². The Hall–Kier alpha value is -1.40. The topological polar surface area (TPSA) is 81.4 Å². The summed E-state index contributed by atoms with van der Waals surface area (Å²) in [6.07, 6.45) is 1.55. The van der Waals surface area contributed by atoms with Crippen LogP contribution < -0.4 is 11.1 Å². The zero-order valence-electron chi connectivity index (χ0n) is 12.2. The lowest BCUT2D eigenvalue weighted by atomic mass is 10.1. The third-order valence-corrected chi connectivity index (χ3v) is 3.84. The standard InChI is InChI=1S/C14H22N2O3S/c1-4-19-14(18)11-8-10(3)20-13(11)16-12(17)9(2)6-5-7-15/h8-9H,4-7,15H2,1-3H3,(H,16,17). The Kier molecular flexibility index (Phi) is 6.67. The van der Waals surface area contributed by atoms with E-state index in [0.717, 1.165) is 17.7 Å². The Morgan fingerprint density at radius 2 is 2.20 bits per heavy atom. The van der Waals surface area contributed by atoms with Gasteiger partial charge in [-0.15, -0.1) is 11.3 Å². The van der Waals surface area contributed by atoms with Gasteiger partial charge >= 0.3 is 5.97 Å². The molecule has 1 rings (SSSR count). The van der Waals surface area contributed by atoms with Crippen LogP contribution in [0.3, 0.4) is 0 Å². The smallest absolute Gasteiger partial charge is 0.341 e. The van der Waals surface area contributed by atoms with Gasteiger partial charge in [-0.3, -0.25) is 4.79 Å². The molecule has 0 aromatic carbocycles. The predicted octanol–water partition coefficient (Wildman–Crippen LogP) is 2.55. The lowest BCUT2D eigenvalue weighted by molar-refractivity contribution is -0.119. The van der Waals surface area contributed by atoms with Crippen LogP contribution in [0.15, 0.2) is 6.07 Å². The van der Waals surface area contributed by atoms with Crippen LogP contribution in [0.25, 0.3) is 0 Å². The fourth-order valence-electron chi connectivity index (χ4n) is 1.76. The van der Waals surface area contributed by atoms with Crippen molar-refractivity contribution in [2.24, 2.45) is 11.7 Å². The fourth-order valence-corrected chi connectivity index (χ4v) is 2.66. The number of amides is 1. The molecule has 1 heterocycles. The highest BCUT2D eigenvalue weighted by Gasteiger charge is 2.20. The predicted molar refractivity (Wildman–Crippen MR) is 81.1 cm³/mol. The van der Waals surface area contributed by atoms with Crippen molar-refractivity contribution in [1.29, 1.82) is 0 Å². The summed E-state index contributed by atoms with van der Waals surface area (Å²) in [6.45, 7) is 6.39. The first kappa shape index (κ1) is 16.7. The highest BCUT2D eigenvalue weighted by atomic mass is 32.1. The first-order chi connectivity index (χ1) is 9.49. The number of carbonyl (C=O) groups is 2. The highest BCUT2D eigenvalue weighted by molar-refractivity contribution is 7.16. The molecule has 1 amide bonds. The van der Waals surface area contributed by atoms with E-state index < -0.39 is 5.97 Å². The van der Waals surface area contributed by atoms with Gasteiger partial charge in [-0.1, -0.05) is 6.92 Å². The molecule has 0 aliphatic heterocycles. The molecule has 20 heavy (non-hydrogen) atoms. The number of esters is 1. The number of ether oxygens (including phenoxy) is 1. The maximum atomic E-state index is 12.1. The van der Waals surface area contributed by atoms with Gasteiger partial charge in [0, 0.05) is 10.8 Å². The molecule has 0 spiro atoms. The minimum absolute atomic E-state index is 0.0918. The van der Waals surface area contributed by atoms with Gasteiger partial charge in [0.1, 0.15) is 5.00 Å². The molecule has 0 saturated heterocycles. The van der Waals surface area contributed by atoms with E-state index >= 15 is 0 Å². The van der Waals surface area contributed by atoms with Crippen molar-refractivity contribution in [3.8, 4) is 0 Å². The first-order valence-corrected chi connectivity index (χ1v) is 7.59. The molecule has 0 fully saturated rings. The van der Waals surface area contributed by atoms with E-state index in [2.05, 4.69) is 5.32 Å². The number of rotatable bonds is 7. The maximum absolute atomic E-state index is 12.1. The highest BCUT2D eigenvalue weighted by Crippen LogP contribution is 2.29. The molecule has 0 aliphatic rings. The van der Waals surface area contributed by atoms with E-state index in [-0.39, 0.29) is 11.8 Å². The summed E-state index contributed by atoms with van der Waals surface area (Å²) >= 11 is 1.38. The van der Waals surface area contributed by atoms with Gasteiger partial charge in [0.2, 0.25) is 5.91 Å². The Labute approximate surface area is 123 Å².